The zero-order valence-electron chi connectivity index (χ0n) is 17.6. The molecule has 1 unspecified atom stereocenters. The Hall–Kier alpha value is -3.61. The van der Waals surface area contributed by atoms with E-state index in [9.17, 15) is 9.59 Å². The monoisotopic (exact) mass is 418 g/mol. The van der Waals surface area contributed by atoms with Gasteiger partial charge in [0.2, 0.25) is 0 Å². The molecule has 3 aromatic rings. The molecule has 7 nitrogen and oxygen atoms in total. The number of hydrogen-bond acceptors (Lipinski definition) is 4. The number of benzene rings is 2. The quantitative estimate of drug-likeness (QED) is 0.521. The van der Waals surface area contributed by atoms with Crippen LogP contribution in [0, 0.1) is 6.92 Å². The molecule has 1 fully saturated rings. The lowest BCUT2D eigenvalue weighted by Crippen LogP contribution is -2.30. The van der Waals surface area contributed by atoms with Gasteiger partial charge in [0.25, 0.3) is 11.8 Å². The van der Waals surface area contributed by atoms with Crippen molar-refractivity contribution >= 4 is 11.8 Å². The van der Waals surface area contributed by atoms with Crippen LogP contribution in [0.3, 0.4) is 0 Å². The second-order valence-corrected chi connectivity index (χ2v) is 7.93. The smallest absolute Gasteiger partial charge is 0.269 e. The summed E-state index contributed by atoms with van der Waals surface area (Å²) in [5.74, 6) is 0.289. The third-order valence-electron chi connectivity index (χ3n) is 5.21. The molecule has 4 rings (SSSR count). The van der Waals surface area contributed by atoms with Crippen LogP contribution in [0.5, 0.6) is 5.75 Å². The minimum absolute atomic E-state index is 0.00523. The summed E-state index contributed by atoms with van der Waals surface area (Å²) in [7, 11) is 0. The zero-order valence-corrected chi connectivity index (χ0v) is 17.6. The number of H-pyrrole nitrogens is 1. The number of aryl methyl sites for hydroxylation is 1. The lowest BCUT2D eigenvalue weighted by atomic mass is 10.1. The predicted molar refractivity (Wildman–Crippen MR) is 118 cm³/mol. The number of nitrogens with one attached hydrogen (secondary N) is 3. The molecule has 2 amide bonds. The Kier molecular flexibility index (Phi) is 6.02. The largest absolute Gasteiger partial charge is 0.484 e. The number of nitrogens with zero attached hydrogens (tertiary/aromatic N) is 1. The first-order chi connectivity index (χ1) is 15.0. The van der Waals surface area contributed by atoms with Gasteiger partial charge in [-0.05, 0) is 50.5 Å². The minimum Gasteiger partial charge on any atom is -0.484 e. The SMILES string of the molecule is Cc1ccc(-c2cc(C(=O)NC(C)c3ccc(OCC(=O)NC4CC4)cc3)[nH]n2)cc1. The summed E-state index contributed by atoms with van der Waals surface area (Å²) in [4.78, 5) is 24.3. The summed E-state index contributed by atoms with van der Waals surface area (Å²) in [5.41, 5.74) is 4.19. The molecule has 1 heterocycles. The fraction of sp³-hybridized carbons (Fsp3) is 0.292. The van der Waals surface area contributed by atoms with Crippen molar-refractivity contribution in [2.75, 3.05) is 6.61 Å². The molecule has 0 spiro atoms. The molecular formula is C24H26N4O3. The number of amides is 2. The Morgan fingerprint density at radius 3 is 2.52 bits per heavy atom. The topological polar surface area (TPSA) is 96.1 Å². The summed E-state index contributed by atoms with van der Waals surface area (Å²) in [6.07, 6.45) is 2.10. The van der Waals surface area contributed by atoms with Gasteiger partial charge in [0.1, 0.15) is 11.4 Å². The first-order valence-corrected chi connectivity index (χ1v) is 10.4. The second-order valence-electron chi connectivity index (χ2n) is 7.93. The van der Waals surface area contributed by atoms with E-state index < -0.39 is 0 Å². The average molecular weight is 418 g/mol. The van der Waals surface area contributed by atoms with E-state index >= 15 is 0 Å². The van der Waals surface area contributed by atoms with E-state index in [-0.39, 0.29) is 24.5 Å². The highest BCUT2D eigenvalue weighted by Gasteiger charge is 2.23. The fourth-order valence-electron chi connectivity index (χ4n) is 3.17. The third kappa shape index (κ3) is 5.51. The molecule has 1 aliphatic carbocycles. The number of hydrogen-bond donors (Lipinski definition) is 3. The van der Waals surface area contributed by atoms with E-state index in [2.05, 4.69) is 20.8 Å². The molecule has 31 heavy (non-hydrogen) atoms. The van der Waals surface area contributed by atoms with Crippen LogP contribution in [0.1, 0.15) is 47.4 Å². The predicted octanol–water partition coefficient (Wildman–Crippen LogP) is 3.53. The van der Waals surface area contributed by atoms with Gasteiger partial charge in [0, 0.05) is 11.6 Å². The molecule has 2 aromatic carbocycles. The van der Waals surface area contributed by atoms with Crippen LogP contribution in [-0.4, -0.2) is 34.7 Å². The van der Waals surface area contributed by atoms with Gasteiger partial charge >= 0.3 is 0 Å². The standard InChI is InChI=1S/C24H26N4O3/c1-15-3-5-18(6-4-15)21-13-22(28-27-21)24(30)25-16(2)17-7-11-20(12-8-17)31-14-23(29)26-19-9-10-19/h3-8,11-13,16,19H,9-10,14H2,1-2H3,(H,25,30)(H,26,29)(H,27,28). The number of aromatic amines is 1. The summed E-state index contributed by atoms with van der Waals surface area (Å²) in [5, 5.41) is 12.9. The molecule has 0 saturated heterocycles. The number of ether oxygens (including phenoxy) is 1. The minimum atomic E-state index is -0.226. The highest BCUT2D eigenvalue weighted by molar-refractivity contribution is 5.93. The first kappa shape index (κ1) is 20.7. The van der Waals surface area contributed by atoms with Crippen molar-refractivity contribution in [1.82, 2.24) is 20.8 Å². The maximum atomic E-state index is 12.6. The third-order valence-corrected chi connectivity index (χ3v) is 5.21. The highest BCUT2D eigenvalue weighted by atomic mass is 16.5. The van der Waals surface area contributed by atoms with Gasteiger partial charge in [-0.25, -0.2) is 0 Å². The Labute approximate surface area is 181 Å². The van der Waals surface area contributed by atoms with Crippen molar-refractivity contribution in [2.45, 2.75) is 38.8 Å². The van der Waals surface area contributed by atoms with Crippen molar-refractivity contribution in [3.63, 3.8) is 0 Å². The van der Waals surface area contributed by atoms with Gasteiger partial charge in [0.15, 0.2) is 6.61 Å². The van der Waals surface area contributed by atoms with E-state index in [0.29, 0.717) is 17.5 Å². The summed E-state index contributed by atoms with van der Waals surface area (Å²) < 4.78 is 5.52. The summed E-state index contributed by atoms with van der Waals surface area (Å²) in [6, 6.07) is 17.2. The van der Waals surface area contributed by atoms with Crippen LogP contribution in [0.4, 0.5) is 0 Å². The Balaban J connectivity index is 1.31. The van der Waals surface area contributed by atoms with E-state index in [0.717, 1.165) is 29.7 Å². The first-order valence-electron chi connectivity index (χ1n) is 10.4. The van der Waals surface area contributed by atoms with Gasteiger partial charge in [-0.2, -0.15) is 5.10 Å². The lowest BCUT2D eigenvalue weighted by Gasteiger charge is -2.14. The van der Waals surface area contributed by atoms with Crippen LogP contribution in [0.2, 0.25) is 0 Å². The normalized spacial score (nSPS) is 14.0. The highest BCUT2D eigenvalue weighted by Crippen LogP contribution is 2.21. The van der Waals surface area contributed by atoms with Crippen LogP contribution in [0.25, 0.3) is 11.3 Å². The average Bonchev–Trinajstić information content (AvgIpc) is 3.44. The number of aromatic nitrogens is 2. The van der Waals surface area contributed by atoms with E-state index in [1.54, 1.807) is 18.2 Å². The molecule has 1 saturated carbocycles. The Morgan fingerprint density at radius 1 is 1.13 bits per heavy atom. The van der Waals surface area contributed by atoms with Crippen LogP contribution in [0.15, 0.2) is 54.6 Å². The van der Waals surface area contributed by atoms with E-state index in [1.165, 1.54) is 5.56 Å². The second kappa shape index (κ2) is 9.04. The molecule has 3 N–H and O–H groups in total. The van der Waals surface area contributed by atoms with Crippen molar-refractivity contribution in [3.05, 3.63) is 71.4 Å². The van der Waals surface area contributed by atoms with E-state index in [1.807, 2.05) is 50.2 Å². The summed E-state index contributed by atoms with van der Waals surface area (Å²) >= 11 is 0. The van der Waals surface area contributed by atoms with Crippen molar-refractivity contribution in [3.8, 4) is 17.0 Å². The fourth-order valence-corrected chi connectivity index (χ4v) is 3.17. The molecule has 0 aliphatic heterocycles. The van der Waals surface area contributed by atoms with Gasteiger partial charge in [-0.1, -0.05) is 42.0 Å². The van der Waals surface area contributed by atoms with Crippen LogP contribution < -0.4 is 15.4 Å². The van der Waals surface area contributed by atoms with Gasteiger partial charge in [0.05, 0.1) is 11.7 Å². The molecule has 0 bridgehead atoms. The maximum absolute atomic E-state index is 12.6. The number of rotatable bonds is 8. The molecule has 0 radical (unpaired) electrons. The van der Waals surface area contributed by atoms with Crippen molar-refractivity contribution in [1.29, 1.82) is 0 Å². The Bertz CT molecular complexity index is 1050. The van der Waals surface area contributed by atoms with Gasteiger partial charge in [-0.15, -0.1) is 0 Å². The number of carbonyl (C=O) groups is 2. The van der Waals surface area contributed by atoms with Gasteiger partial charge in [-0.3, -0.25) is 14.7 Å². The number of carbonyl (C=O) groups excluding carboxylic acids is 2. The Morgan fingerprint density at radius 2 is 1.84 bits per heavy atom. The van der Waals surface area contributed by atoms with Gasteiger partial charge < -0.3 is 15.4 Å². The van der Waals surface area contributed by atoms with Crippen LogP contribution in [-0.2, 0) is 4.79 Å². The summed E-state index contributed by atoms with van der Waals surface area (Å²) in [6.45, 7) is 3.94. The molecule has 1 aromatic heterocycles. The van der Waals surface area contributed by atoms with E-state index in [4.69, 9.17) is 4.74 Å². The molecule has 1 atom stereocenters. The molecule has 7 heteroatoms. The lowest BCUT2D eigenvalue weighted by molar-refractivity contribution is -0.123. The zero-order chi connectivity index (χ0) is 21.8. The molecule has 1 aliphatic rings. The molecule has 160 valence electrons. The van der Waals surface area contributed by atoms with Crippen molar-refractivity contribution < 1.29 is 14.3 Å². The van der Waals surface area contributed by atoms with Crippen LogP contribution >= 0.6 is 0 Å². The maximum Gasteiger partial charge on any atom is 0.269 e. The molecular weight excluding hydrogens is 392 g/mol. The van der Waals surface area contributed by atoms with Crippen molar-refractivity contribution in [2.24, 2.45) is 0 Å².